The van der Waals surface area contributed by atoms with Gasteiger partial charge in [-0.05, 0) is 60.7 Å². The summed E-state index contributed by atoms with van der Waals surface area (Å²) in [4.78, 5) is 47.1. The van der Waals surface area contributed by atoms with E-state index in [1.54, 1.807) is 48.7 Å². The minimum Gasteiger partial charge on any atom is -0.478 e. The van der Waals surface area contributed by atoms with E-state index in [2.05, 4.69) is 25.6 Å². The molecule has 5 rings (SSSR count). The lowest BCUT2D eigenvalue weighted by molar-refractivity contribution is 0.0686. The molecule has 0 aliphatic heterocycles. The lowest BCUT2D eigenvalue weighted by atomic mass is 10.0. The molecular weight excluding hydrogens is 462 g/mol. The SMILES string of the molecule is CC(Nc1c[nH]c2c(C(=O)NC3CCc4cc(C(=O)O)ccc43)ncnc12)c1ccc(C(=O)O)cc1. The first-order valence-corrected chi connectivity index (χ1v) is 11.4. The molecule has 182 valence electrons. The molecule has 1 aliphatic rings. The van der Waals surface area contributed by atoms with Crippen LogP contribution in [0.2, 0.25) is 0 Å². The molecule has 4 aromatic rings. The molecule has 2 aromatic heterocycles. The molecule has 0 saturated carbocycles. The minimum atomic E-state index is -0.979. The Hall–Kier alpha value is -4.73. The van der Waals surface area contributed by atoms with Gasteiger partial charge in [-0.25, -0.2) is 19.6 Å². The second-order valence-electron chi connectivity index (χ2n) is 8.72. The maximum absolute atomic E-state index is 13.2. The second-order valence-corrected chi connectivity index (χ2v) is 8.72. The Kier molecular flexibility index (Phi) is 5.85. The number of rotatable bonds is 7. The molecule has 2 unspecified atom stereocenters. The number of amides is 1. The van der Waals surface area contributed by atoms with Crippen molar-refractivity contribution in [1.29, 1.82) is 0 Å². The number of carboxylic acid groups (broad SMARTS) is 2. The van der Waals surface area contributed by atoms with Crippen molar-refractivity contribution in [3.8, 4) is 0 Å². The van der Waals surface area contributed by atoms with Gasteiger partial charge in [-0.2, -0.15) is 0 Å². The number of aryl methyl sites for hydroxylation is 1. The molecule has 0 fully saturated rings. The van der Waals surface area contributed by atoms with Crippen LogP contribution in [-0.4, -0.2) is 43.0 Å². The largest absolute Gasteiger partial charge is 0.478 e. The maximum Gasteiger partial charge on any atom is 0.335 e. The zero-order chi connectivity index (χ0) is 25.4. The van der Waals surface area contributed by atoms with Crippen LogP contribution in [0.3, 0.4) is 0 Å². The molecule has 5 N–H and O–H groups in total. The van der Waals surface area contributed by atoms with E-state index in [-0.39, 0.29) is 34.8 Å². The molecule has 2 heterocycles. The van der Waals surface area contributed by atoms with Crippen LogP contribution < -0.4 is 10.6 Å². The van der Waals surface area contributed by atoms with Gasteiger partial charge in [0.05, 0.1) is 28.4 Å². The third-order valence-electron chi connectivity index (χ3n) is 6.48. The molecule has 0 bridgehead atoms. The van der Waals surface area contributed by atoms with Gasteiger partial charge in [0.15, 0.2) is 5.69 Å². The molecule has 10 nitrogen and oxygen atoms in total. The van der Waals surface area contributed by atoms with Crippen LogP contribution in [0.25, 0.3) is 11.0 Å². The maximum atomic E-state index is 13.2. The Morgan fingerprint density at radius 1 is 1.03 bits per heavy atom. The van der Waals surface area contributed by atoms with Gasteiger partial charge in [0.1, 0.15) is 11.8 Å². The molecular formula is C26H23N5O5. The van der Waals surface area contributed by atoms with E-state index >= 15 is 0 Å². The van der Waals surface area contributed by atoms with Crippen molar-refractivity contribution in [2.45, 2.75) is 31.8 Å². The number of H-pyrrole nitrogens is 1. The molecule has 1 amide bonds. The van der Waals surface area contributed by atoms with Gasteiger partial charge in [-0.1, -0.05) is 18.2 Å². The molecule has 0 spiro atoms. The van der Waals surface area contributed by atoms with Gasteiger partial charge >= 0.3 is 11.9 Å². The lowest BCUT2D eigenvalue weighted by Gasteiger charge is -2.15. The number of benzene rings is 2. The van der Waals surface area contributed by atoms with Crippen molar-refractivity contribution in [3.63, 3.8) is 0 Å². The number of nitrogens with zero attached hydrogens (tertiary/aromatic N) is 2. The highest BCUT2D eigenvalue weighted by molar-refractivity contribution is 6.05. The Morgan fingerprint density at radius 3 is 2.47 bits per heavy atom. The van der Waals surface area contributed by atoms with Crippen LogP contribution in [0.15, 0.2) is 55.0 Å². The van der Waals surface area contributed by atoms with Gasteiger partial charge in [-0.3, -0.25) is 4.79 Å². The molecule has 36 heavy (non-hydrogen) atoms. The van der Waals surface area contributed by atoms with Crippen molar-refractivity contribution >= 4 is 34.6 Å². The summed E-state index contributed by atoms with van der Waals surface area (Å²) in [5.41, 5.74) is 5.12. The predicted octanol–water partition coefficient (Wildman–Crippen LogP) is 3.94. The van der Waals surface area contributed by atoms with Gasteiger partial charge < -0.3 is 25.8 Å². The molecule has 2 aromatic carbocycles. The fourth-order valence-corrected chi connectivity index (χ4v) is 4.58. The van der Waals surface area contributed by atoms with Crippen molar-refractivity contribution in [2.75, 3.05) is 5.32 Å². The van der Waals surface area contributed by atoms with E-state index in [0.29, 0.717) is 29.6 Å². The van der Waals surface area contributed by atoms with E-state index in [4.69, 9.17) is 5.11 Å². The number of carbonyl (C=O) groups excluding carboxylic acids is 1. The number of nitrogens with one attached hydrogen (secondary N) is 3. The summed E-state index contributed by atoms with van der Waals surface area (Å²) in [5, 5.41) is 24.7. The number of aromatic carboxylic acids is 2. The minimum absolute atomic E-state index is 0.148. The first-order chi connectivity index (χ1) is 17.3. The first-order valence-electron chi connectivity index (χ1n) is 11.4. The zero-order valence-electron chi connectivity index (χ0n) is 19.3. The van der Waals surface area contributed by atoms with Crippen molar-refractivity contribution in [1.82, 2.24) is 20.3 Å². The van der Waals surface area contributed by atoms with E-state index in [9.17, 15) is 19.5 Å². The van der Waals surface area contributed by atoms with Crippen LogP contribution in [0.4, 0.5) is 5.69 Å². The highest BCUT2D eigenvalue weighted by atomic mass is 16.4. The van der Waals surface area contributed by atoms with Crippen LogP contribution in [0.1, 0.15) is 73.3 Å². The summed E-state index contributed by atoms with van der Waals surface area (Å²) in [5.74, 6) is -2.31. The van der Waals surface area contributed by atoms with Gasteiger partial charge in [0.2, 0.25) is 0 Å². The third kappa shape index (κ3) is 4.24. The number of fused-ring (bicyclic) bond motifs is 2. The van der Waals surface area contributed by atoms with E-state index in [1.807, 2.05) is 6.92 Å². The average Bonchev–Trinajstić information content (AvgIpc) is 3.47. The topological polar surface area (TPSA) is 157 Å². The molecule has 0 radical (unpaired) electrons. The van der Waals surface area contributed by atoms with Gasteiger partial charge in [0, 0.05) is 12.2 Å². The van der Waals surface area contributed by atoms with Gasteiger partial charge in [0.25, 0.3) is 5.91 Å². The summed E-state index contributed by atoms with van der Waals surface area (Å²) in [6, 6.07) is 11.2. The summed E-state index contributed by atoms with van der Waals surface area (Å²) in [7, 11) is 0. The number of carboxylic acids is 2. The van der Waals surface area contributed by atoms with Crippen LogP contribution in [-0.2, 0) is 6.42 Å². The second kappa shape index (κ2) is 9.14. The van der Waals surface area contributed by atoms with E-state index < -0.39 is 11.9 Å². The average molecular weight is 486 g/mol. The van der Waals surface area contributed by atoms with Crippen molar-refractivity contribution in [2.24, 2.45) is 0 Å². The predicted molar refractivity (Wildman–Crippen MR) is 131 cm³/mol. The first kappa shape index (κ1) is 23.0. The Bertz CT molecular complexity index is 1490. The van der Waals surface area contributed by atoms with Crippen LogP contribution in [0, 0.1) is 0 Å². The fourth-order valence-electron chi connectivity index (χ4n) is 4.58. The fraction of sp³-hybridized carbons (Fsp3) is 0.192. The highest BCUT2D eigenvalue weighted by Crippen LogP contribution is 2.33. The van der Waals surface area contributed by atoms with E-state index in [0.717, 1.165) is 16.7 Å². The Morgan fingerprint density at radius 2 is 1.75 bits per heavy atom. The molecule has 1 aliphatic carbocycles. The number of hydrogen-bond donors (Lipinski definition) is 5. The Labute approximate surface area is 205 Å². The number of hydrogen-bond acceptors (Lipinski definition) is 6. The highest BCUT2D eigenvalue weighted by Gasteiger charge is 2.27. The monoisotopic (exact) mass is 485 g/mol. The number of aromatic nitrogens is 3. The Balaban J connectivity index is 1.34. The normalized spacial score (nSPS) is 15.3. The zero-order valence-corrected chi connectivity index (χ0v) is 19.3. The molecule has 10 heteroatoms. The smallest absolute Gasteiger partial charge is 0.335 e. The lowest BCUT2D eigenvalue weighted by Crippen LogP contribution is -2.28. The summed E-state index contributed by atoms with van der Waals surface area (Å²) < 4.78 is 0. The summed E-state index contributed by atoms with van der Waals surface area (Å²) in [6.45, 7) is 1.94. The van der Waals surface area contributed by atoms with Gasteiger partial charge in [-0.15, -0.1) is 0 Å². The van der Waals surface area contributed by atoms with E-state index in [1.165, 1.54) is 6.33 Å². The molecule has 2 atom stereocenters. The number of aromatic amines is 1. The van der Waals surface area contributed by atoms with Crippen molar-refractivity contribution < 1.29 is 24.6 Å². The molecule has 0 saturated heterocycles. The van der Waals surface area contributed by atoms with Crippen LogP contribution >= 0.6 is 0 Å². The quantitative estimate of drug-likeness (QED) is 0.263. The van der Waals surface area contributed by atoms with Crippen molar-refractivity contribution in [3.05, 3.63) is 88.5 Å². The standard InChI is InChI=1S/C26H23N5O5/c1-13(14-2-4-15(5-3-14)25(33)34)30-20-11-27-22-21(20)28-12-29-23(22)24(32)31-19-9-7-16-10-17(26(35)36)6-8-18(16)19/h2-6,8,10-13,19,27,30H,7,9H2,1H3,(H,31,32)(H,33,34)(H,35,36). The third-order valence-corrected chi connectivity index (χ3v) is 6.48. The number of anilines is 1. The summed E-state index contributed by atoms with van der Waals surface area (Å²) >= 11 is 0. The van der Waals surface area contributed by atoms with Crippen LogP contribution in [0.5, 0.6) is 0 Å². The number of carbonyl (C=O) groups is 3. The summed E-state index contributed by atoms with van der Waals surface area (Å²) in [6.07, 6.45) is 4.41.